The molecule has 2 aliphatic heterocycles. The first kappa shape index (κ1) is 19.1. The van der Waals surface area contributed by atoms with Crippen LogP contribution >= 0.6 is 0 Å². The Morgan fingerprint density at radius 2 is 2.00 bits per heavy atom. The molecule has 4 rings (SSSR count). The third-order valence-corrected chi connectivity index (χ3v) is 4.80. The van der Waals surface area contributed by atoms with Gasteiger partial charge in [-0.2, -0.15) is 0 Å². The number of aliphatic imine (C=N–C) groups is 1. The molecule has 0 radical (unpaired) electrons. The van der Waals surface area contributed by atoms with Gasteiger partial charge in [-0.3, -0.25) is 0 Å². The van der Waals surface area contributed by atoms with Crippen molar-refractivity contribution in [2.45, 2.75) is 31.8 Å². The maximum atomic E-state index is 12.8. The smallest absolute Gasteiger partial charge is 0.180 e. The monoisotopic (exact) mass is 387 g/mol. The van der Waals surface area contributed by atoms with Crippen LogP contribution in [0.25, 0.3) is 0 Å². The van der Waals surface area contributed by atoms with E-state index in [9.17, 15) is 4.39 Å². The molecular weight excluding hydrogens is 365 g/mol. The summed E-state index contributed by atoms with van der Waals surface area (Å²) in [5.74, 6) is 7.08. The van der Waals surface area contributed by atoms with Gasteiger partial charge in [0, 0.05) is 19.0 Å². The van der Waals surface area contributed by atoms with Crippen LogP contribution in [-0.2, 0) is 18.0 Å². The number of amidine groups is 1. The second kappa shape index (κ2) is 8.85. The lowest BCUT2D eigenvalue weighted by Gasteiger charge is -2.27. The molecule has 1 unspecified atom stereocenters. The minimum absolute atomic E-state index is 0.400. The Morgan fingerprint density at radius 3 is 2.83 bits per heavy atom. The summed E-state index contributed by atoms with van der Waals surface area (Å²) in [5, 5.41) is 0. The van der Waals surface area contributed by atoms with Crippen LogP contribution in [0.4, 0.5) is 4.39 Å². The van der Waals surface area contributed by atoms with Gasteiger partial charge >= 0.3 is 0 Å². The van der Waals surface area contributed by atoms with Crippen LogP contribution in [0, 0.1) is 11.8 Å². The number of allylic oxidation sites excluding steroid dienone is 2. The van der Waals surface area contributed by atoms with Crippen molar-refractivity contribution >= 4 is 5.84 Å². The highest BCUT2D eigenvalue weighted by Gasteiger charge is 2.39. The van der Waals surface area contributed by atoms with Crippen molar-refractivity contribution in [3.05, 3.63) is 89.9 Å². The van der Waals surface area contributed by atoms with Crippen LogP contribution in [0.1, 0.15) is 29.8 Å². The van der Waals surface area contributed by atoms with E-state index < -0.39 is 12.4 Å². The quantitative estimate of drug-likeness (QED) is 0.690. The molecule has 1 aromatic heterocycles. The largest absolute Gasteiger partial charge is 0.347 e. The number of fused-ring (bicyclic) bond motifs is 1. The van der Waals surface area contributed by atoms with Gasteiger partial charge in [0.1, 0.15) is 18.2 Å². The topological polar surface area (TPSA) is 37.7 Å². The number of nitrogens with zero attached hydrogens (tertiary/aromatic N) is 3. The van der Waals surface area contributed by atoms with E-state index in [2.05, 4.69) is 21.7 Å². The minimum atomic E-state index is -0.646. The van der Waals surface area contributed by atoms with Gasteiger partial charge in [0.05, 0.1) is 18.8 Å². The molecule has 0 saturated carbocycles. The number of ether oxygens (including phenoxy) is 1. The van der Waals surface area contributed by atoms with Crippen LogP contribution in [0.15, 0.2) is 78.0 Å². The second-order valence-corrected chi connectivity index (χ2v) is 6.97. The maximum Gasteiger partial charge on any atom is 0.180 e. The zero-order valence-electron chi connectivity index (χ0n) is 16.1. The summed E-state index contributed by atoms with van der Waals surface area (Å²) < 4.78 is 19.1. The standard InChI is InChI=1S/C24H22FN3O/c25-17-22-13-8-12-21(26-22)11-4-6-15-24(29-18-20-9-2-1-3-10-20)19-28-16-7-5-14-23(28)27-24/h1-3,5,7-10,12-14,16H,6,15,17-19H2. The van der Waals surface area contributed by atoms with Gasteiger partial charge in [0.15, 0.2) is 5.72 Å². The number of alkyl halides is 1. The first-order valence-corrected chi connectivity index (χ1v) is 9.66. The molecule has 29 heavy (non-hydrogen) atoms. The number of rotatable bonds is 6. The van der Waals surface area contributed by atoms with Crippen molar-refractivity contribution in [3.63, 3.8) is 0 Å². The van der Waals surface area contributed by atoms with Gasteiger partial charge in [-0.05, 0) is 35.8 Å². The van der Waals surface area contributed by atoms with Gasteiger partial charge in [-0.25, -0.2) is 14.4 Å². The molecule has 0 spiro atoms. The summed E-state index contributed by atoms with van der Waals surface area (Å²) in [6.07, 6.45) is 9.25. The number of benzene rings is 1. The Kier molecular flexibility index (Phi) is 5.83. The summed E-state index contributed by atoms with van der Waals surface area (Å²) in [6.45, 7) is 0.569. The highest BCUT2D eigenvalue weighted by atomic mass is 19.1. The van der Waals surface area contributed by atoms with Crippen molar-refractivity contribution < 1.29 is 9.13 Å². The fourth-order valence-corrected chi connectivity index (χ4v) is 3.32. The lowest BCUT2D eigenvalue weighted by molar-refractivity contribution is -0.0525. The summed E-state index contributed by atoms with van der Waals surface area (Å²) >= 11 is 0. The average molecular weight is 387 g/mol. The van der Waals surface area contributed by atoms with Gasteiger partial charge < -0.3 is 9.64 Å². The molecule has 0 amide bonds. The third-order valence-electron chi connectivity index (χ3n) is 4.80. The number of aromatic nitrogens is 1. The van der Waals surface area contributed by atoms with Crippen molar-refractivity contribution in [1.82, 2.24) is 9.88 Å². The number of hydrogen-bond donors (Lipinski definition) is 0. The van der Waals surface area contributed by atoms with E-state index in [0.29, 0.717) is 37.4 Å². The fourth-order valence-electron chi connectivity index (χ4n) is 3.32. The first-order valence-electron chi connectivity index (χ1n) is 9.66. The average Bonchev–Trinajstić information content (AvgIpc) is 3.15. The molecule has 2 aromatic rings. The van der Waals surface area contributed by atoms with Crippen LogP contribution < -0.4 is 0 Å². The Balaban J connectivity index is 1.46. The van der Waals surface area contributed by atoms with Gasteiger partial charge in [-0.1, -0.05) is 48.4 Å². The number of pyridine rings is 1. The van der Waals surface area contributed by atoms with E-state index in [1.165, 1.54) is 0 Å². The van der Waals surface area contributed by atoms with Crippen LogP contribution in [0.2, 0.25) is 0 Å². The zero-order chi connectivity index (χ0) is 19.9. The Morgan fingerprint density at radius 1 is 1.10 bits per heavy atom. The molecule has 1 atom stereocenters. The molecule has 0 N–H and O–H groups in total. The third kappa shape index (κ3) is 4.79. The number of halogens is 1. The summed E-state index contributed by atoms with van der Waals surface area (Å²) in [7, 11) is 0. The highest BCUT2D eigenvalue weighted by Crippen LogP contribution is 2.30. The SMILES string of the molecule is FCc1cccc(C#CCCC2(OCc3ccccc3)CN3C=CC=CC3=N2)n1. The van der Waals surface area contributed by atoms with Crippen molar-refractivity contribution in [3.8, 4) is 11.8 Å². The van der Waals surface area contributed by atoms with E-state index in [1.54, 1.807) is 18.2 Å². The Hall–Kier alpha value is -3.23. The second-order valence-electron chi connectivity index (χ2n) is 6.97. The fraction of sp³-hybridized carbons (Fsp3) is 0.250. The molecule has 4 nitrogen and oxygen atoms in total. The predicted octanol–water partition coefficient (Wildman–Crippen LogP) is 4.39. The van der Waals surface area contributed by atoms with Gasteiger partial charge in [-0.15, -0.1) is 0 Å². The molecule has 0 saturated heterocycles. The highest BCUT2D eigenvalue weighted by molar-refractivity contribution is 5.96. The predicted molar refractivity (Wildman–Crippen MR) is 112 cm³/mol. The van der Waals surface area contributed by atoms with Crippen molar-refractivity contribution in [2.24, 2.45) is 4.99 Å². The maximum absolute atomic E-state index is 12.8. The van der Waals surface area contributed by atoms with E-state index in [4.69, 9.17) is 9.73 Å². The molecule has 1 aromatic carbocycles. The molecule has 2 aliphatic rings. The lowest BCUT2D eigenvalue weighted by Crippen LogP contribution is -2.36. The molecular formula is C24H22FN3O. The minimum Gasteiger partial charge on any atom is -0.347 e. The van der Waals surface area contributed by atoms with E-state index in [0.717, 1.165) is 11.4 Å². The molecule has 3 heterocycles. The summed E-state index contributed by atoms with van der Waals surface area (Å²) in [4.78, 5) is 11.2. The molecule has 146 valence electrons. The Bertz CT molecular complexity index is 1000. The number of hydrogen-bond acceptors (Lipinski definition) is 4. The van der Waals surface area contributed by atoms with Gasteiger partial charge in [0.2, 0.25) is 0 Å². The van der Waals surface area contributed by atoms with E-state index >= 15 is 0 Å². The van der Waals surface area contributed by atoms with Gasteiger partial charge in [0.25, 0.3) is 0 Å². The van der Waals surface area contributed by atoms with E-state index in [-0.39, 0.29) is 0 Å². The first-order chi connectivity index (χ1) is 14.3. The molecule has 0 bridgehead atoms. The summed E-state index contributed by atoms with van der Waals surface area (Å²) in [6, 6.07) is 15.3. The van der Waals surface area contributed by atoms with Crippen molar-refractivity contribution in [1.29, 1.82) is 0 Å². The zero-order valence-corrected chi connectivity index (χ0v) is 16.1. The van der Waals surface area contributed by atoms with Crippen molar-refractivity contribution in [2.75, 3.05) is 6.54 Å². The van der Waals surface area contributed by atoms with Crippen LogP contribution in [-0.4, -0.2) is 28.0 Å². The van der Waals surface area contributed by atoms with Crippen LogP contribution in [0.3, 0.4) is 0 Å². The summed E-state index contributed by atoms with van der Waals surface area (Å²) in [5.41, 5.74) is 1.45. The molecule has 0 fully saturated rings. The van der Waals surface area contributed by atoms with Crippen LogP contribution in [0.5, 0.6) is 0 Å². The Labute approximate surface area is 170 Å². The normalized spacial score (nSPS) is 19.5. The molecule has 5 heteroatoms. The molecule has 0 aliphatic carbocycles. The van der Waals surface area contributed by atoms with E-state index in [1.807, 2.05) is 54.8 Å². The lowest BCUT2D eigenvalue weighted by atomic mass is 10.1.